The molecule has 0 radical (unpaired) electrons. The van der Waals surface area contributed by atoms with Crippen molar-refractivity contribution >= 4 is 18.3 Å². The molecule has 0 saturated carbocycles. The minimum absolute atomic E-state index is 0. The number of fused-ring (bicyclic) bond motifs is 1. The van der Waals surface area contributed by atoms with E-state index in [-0.39, 0.29) is 24.4 Å². The van der Waals surface area contributed by atoms with E-state index >= 15 is 0 Å². The number of nitrogens with one attached hydrogen (secondary N) is 2. The summed E-state index contributed by atoms with van der Waals surface area (Å²) < 4.78 is 0. The van der Waals surface area contributed by atoms with E-state index in [1.165, 1.54) is 11.1 Å². The molecule has 0 saturated heterocycles. The summed E-state index contributed by atoms with van der Waals surface area (Å²) >= 11 is 0. The molecule has 0 spiro atoms. The van der Waals surface area contributed by atoms with Gasteiger partial charge in [-0.2, -0.15) is 0 Å². The second-order valence-corrected chi connectivity index (χ2v) is 4.86. The van der Waals surface area contributed by atoms with Gasteiger partial charge in [-0.25, -0.2) is 0 Å². The highest BCUT2D eigenvalue weighted by atomic mass is 35.5. The lowest BCUT2D eigenvalue weighted by Gasteiger charge is -2.11. The molecule has 4 heteroatoms. The average molecular weight is 269 g/mol. The molecule has 3 nitrogen and oxygen atoms in total. The molecule has 0 fully saturated rings. The van der Waals surface area contributed by atoms with E-state index in [0.29, 0.717) is 0 Å². The van der Waals surface area contributed by atoms with Gasteiger partial charge in [0.25, 0.3) is 5.91 Å². The van der Waals surface area contributed by atoms with Crippen molar-refractivity contribution in [3.8, 4) is 0 Å². The van der Waals surface area contributed by atoms with Gasteiger partial charge in [0.05, 0.1) is 0 Å². The summed E-state index contributed by atoms with van der Waals surface area (Å²) in [6, 6.07) is 6.25. The first-order valence-corrected chi connectivity index (χ1v) is 6.30. The first-order chi connectivity index (χ1) is 8.16. The van der Waals surface area contributed by atoms with Gasteiger partial charge < -0.3 is 10.6 Å². The van der Waals surface area contributed by atoms with Crippen LogP contribution in [0.1, 0.15) is 35.3 Å². The Kier molecular flexibility index (Phi) is 5.63. The fraction of sp³-hybridized carbons (Fsp3) is 0.500. The van der Waals surface area contributed by atoms with Gasteiger partial charge in [-0.1, -0.05) is 6.07 Å². The van der Waals surface area contributed by atoms with Crippen molar-refractivity contribution in [2.24, 2.45) is 0 Å². The van der Waals surface area contributed by atoms with Crippen molar-refractivity contribution in [2.75, 3.05) is 13.1 Å². The average Bonchev–Trinajstić information content (AvgIpc) is 2.51. The number of carbonyl (C=O) groups is 1. The molecule has 0 aromatic heterocycles. The van der Waals surface area contributed by atoms with Crippen molar-refractivity contribution < 1.29 is 4.79 Å². The van der Waals surface area contributed by atoms with Gasteiger partial charge in [0, 0.05) is 11.6 Å². The third-order valence-electron chi connectivity index (χ3n) is 3.03. The van der Waals surface area contributed by atoms with Crippen LogP contribution in [-0.4, -0.2) is 25.0 Å². The lowest BCUT2D eigenvalue weighted by atomic mass is 10.00. The monoisotopic (exact) mass is 268 g/mol. The Morgan fingerprint density at radius 3 is 2.56 bits per heavy atom. The Labute approximate surface area is 115 Å². The molecule has 2 rings (SSSR count). The first-order valence-electron chi connectivity index (χ1n) is 6.30. The van der Waals surface area contributed by atoms with E-state index in [2.05, 4.69) is 16.7 Å². The standard InChI is InChI=1S/C14H20N2O.ClH/c1-10(2)16-14(17)13-4-3-11-5-7-15-8-6-12(11)9-13;/h3-4,9-10,15H,5-8H2,1-2H3,(H,16,17);1H. The Bertz CT molecular complexity index is 418. The Morgan fingerprint density at radius 1 is 1.22 bits per heavy atom. The number of hydrogen-bond donors (Lipinski definition) is 2. The predicted molar refractivity (Wildman–Crippen MR) is 76.6 cm³/mol. The molecule has 0 bridgehead atoms. The summed E-state index contributed by atoms with van der Waals surface area (Å²) in [5, 5.41) is 6.30. The van der Waals surface area contributed by atoms with E-state index in [9.17, 15) is 4.79 Å². The molecular weight excluding hydrogens is 248 g/mol. The smallest absolute Gasteiger partial charge is 0.251 e. The molecule has 18 heavy (non-hydrogen) atoms. The van der Waals surface area contributed by atoms with Gasteiger partial charge in [0.2, 0.25) is 0 Å². The Balaban J connectivity index is 0.00000162. The zero-order valence-corrected chi connectivity index (χ0v) is 11.8. The van der Waals surface area contributed by atoms with Crippen LogP contribution in [0.2, 0.25) is 0 Å². The fourth-order valence-corrected chi connectivity index (χ4v) is 2.16. The quantitative estimate of drug-likeness (QED) is 0.861. The number of benzene rings is 1. The molecule has 1 amide bonds. The molecule has 100 valence electrons. The van der Waals surface area contributed by atoms with Crippen LogP contribution in [0.25, 0.3) is 0 Å². The molecule has 1 aliphatic heterocycles. The van der Waals surface area contributed by atoms with Crippen LogP contribution in [0.3, 0.4) is 0 Å². The summed E-state index contributed by atoms with van der Waals surface area (Å²) in [6.07, 6.45) is 2.07. The van der Waals surface area contributed by atoms with Gasteiger partial charge >= 0.3 is 0 Å². The topological polar surface area (TPSA) is 41.1 Å². The fourth-order valence-electron chi connectivity index (χ4n) is 2.16. The summed E-state index contributed by atoms with van der Waals surface area (Å²) in [6.45, 7) is 5.99. The van der Waals surface area contributed by atoms with Crippen LogP contribution >= 0.6 is 12.4 Å². The molecule has 1 aliphatic rings. The van der Waals surface area contributed by atoms with E-state index in [4.69, 9.17) is 0 Å². The zero-order valence-electron chi connectivity index (χ0n) is 11.0. The Hall–Kier alpha value is -1.06. The maximum absolute atomic E-state index is 11.9. The summed E-state index contributed by atoms with van der Waals surface area (Å²) in [7, 11) is 0. The highest BCUT2D eigenvalue weighted by Crippen LogP contribution is 2.15. The van der Waals surface area contributed by atoms with Crippen molar-refractivity contribution in [2.45, 2.75) is 32.7 Å². The van der Waals surface area contributed by atoms with Gasteiger partial charge in [0.1, 0.15) is 0 Å². The van der Waals surface area contributed by atoms with Crippen LogP contribution in [0, 0.1) is 0 Å². The largest absolute Gasteiger partial charge is 0.350 e. The number of amides is 1. The SMILES string of the molecule is CC(C)NC(=O)c1ccc2c(c1)CCNCC2.Cl. The Morgan fingerprint density at radius 2 is 1.89 bits per heavy atom. The molecular formula is C14H21ClN2O. The van der Waals surface area contributed by atoms with Crippen LogP contribution in [0.4, 0.5) is 0 Å². The summed E-state index contributed by atoms with van der Waals surface area (Å²) in [4.78, 5) is 11.9. The third-order valence-corrected chi connectivity index (χ3v) is 3.03. The summed E-state index contributed by atoms with van der Waals surface area (Å²) in [5.74, 6) is 0.0278. The van der Waals surface area contributed by atoms with E-state index in [1.54, 1.807) is 0 Å². The molecule has 0 unspecified atom stereocenters. The third kappa shape index (κ3) is 3.72. The minimum atomic E-state index is 0. The van der Waals surface area contributed by atoms with E-state index in [1.807, 2.05) is 26.0 Å². The van der Waals surface area contributed by atoms with Crippen molar-refractivity contribution in [1.29, 1.82) is 0 Å². The molecule has 1 heterocycles. The number of hydrogen-bond acceptors (Lipinski definition) is 2. The molecule has 0 aliphatic carbocycles. The highest BCUT2D eigenvalue weighted by Gasteiger charge is 2.12. The highest BCUT2D eigenvalue weighted by molar-refractivity contribution is 5.94. The van der Waals surface area contributed by atoms with Crippen LogP contribution in [-0.2, 0) is 12.8 Å². The normalized spacial score (nSPS) is 14.4. The van der Waals surface area contributed by atoms with Crippen molar-refractivity contribution in [3.05, 3.63) is 34.9 Å². The zero-order chi connectivity index (χ0) is 12.3. The van der Waals surface area contributed by atoms with Crippen LogP contribution < -0.4 is 10.6 Å². The van der Waals surface area contributed by atoms with Crippen molar-refractivity contribution in [1.82, 2.24) is 10.6 Å². The lowest BCUT2D eigenvalue weighted by Crippen LogP contribution is -2.30. The van der Waals surface area contributed by atoms with E-state index in [0.717, 1.165) is 31.5 Å². The molecule has 1 aromatic rings. The second-order valence-electron chi connectivity index (χ2n) is 4.86. The maximum Gasteiger partial charge on any atom is 0.251 e. The van der Waals surface area contributed by atoms with Gasteiger partial charge in [-0.05, 0) is 63.0 Å². The van der Waals surface area contributed by atoms with Crippen LogP contribution in [0.15, 0.2) is 18.2 Å². The van der Waals surface area contributed by atoms with E-state index < -0.39 is 0 Å². The first kappa shape index (κ1) is 15.0. The second kappa shape index (κ2) is 6.76. The van der Waals surface area contributed by atoms with Crippen LogP contribution in [0.5, 0.6) is 0 Å². The number of carbonyl (C=O) groups excluding carboxylic acids is 1. The molecule has 2 N–H and O–H groups in total. The number of rotatable bonds is 2. The number of halogens is 1. The lowest BCUT2D eigenvalue weighted by molar-refractivity contribution is 0.0943. The summed E-state index contributed by atoms with van der Waals surface area (Å²) in [5.41, 5.74) is 3.46. The molecule has 1 aromatic carbocycles. The van der Waals surface area contributed by atoms with Crippen molar-refractivity contribution in [3.63, 3.8) is 0 Å². The minimum Gasteiger partial charge on any atom is -0.350 e. The maximum atomic E-state index is 11.9. The van der Waals surface area contributed by atoms with Gasteiger partial charge in [-0.3, -0.25) is 4.79 Å². The molecule has 0 atom stereocenters. The van der Waals surface area contributed by atoms with Gasteiger partial charge in [-0.15, -0.1) is 12.4 Å². The predicted octanol–water partition coefficient (Wildman–Crippen LogP) is 1.93. The van der Waals surface area contributed by atoms with Gasteiger partial charge in [0.15, 0.2) is 0 Å².